The number of aliphatic hydroxyl groups is 1. The standard InChI is InChI=1S/C17H16F2O5S/c18-14-4-6-15(7-5-14)25(22,23)9-1-8-24-17(21)12-2-3-13(11-20)16(19)10-12/h2-7,10,20H,1,8-9,11H2. The predicted molar refractivity (Wildman–Crippen MR) is 85.7 cm³/mol. The van der Waals surface area contributed by atoms with Crippen LogP contribution in [0.25, 0.3) is 0 Å². The van der Waals surface area contributed by atoms with E-state index in [9.17, 15) is 22.0 Å². The Labute approximate surface area is 143 Å². The second-order valence-electron chi connectivity index (χ2n) is 5.23. The third-order valence-electron chi connectivity index (χ3n) is 3.42. The quantitative estimate of drug-likeness (QED) is 0.460. The molecule has 0 aliphatic carbocycles. The van der Waals surface area contributed by atoms with Crippen molar-refractivity contribution >= 4 is 15.8 Å². The fourth-order valence-corrected chi connectivity index (χ4v) is 3.34. The van der Waals surface area contributed by atoms with Crippen molar-refractivity contribution in [3.05, 3.63) is 65.2 Å². The number of ether oxygens (including phenoxy) is 1. The predicted octanol–water partition coefficient (Wildman–Crippen LogP) is 2.48. The Morgan fingerprint density at radius 3 is 2.36 bits per heavy atom. The Balaban J connectivity index is 1.87. The van der Waals surface area contributed by atoms with E-state index in [1.807, 2.05) is 0 Å². The summed E-state index contributed by atoms with van der Waals surface area (Å²) in [7, 11) is -3.60. The molecular weight excluding hydrogens is 354 g/mol. The molecule has 0 aliphatic rings. The molecule has 0 bridgehead atoms. The molecule has 0 radical (unpaired) electrons. The van der Waals surface area contributed by atoms with Crippen molar-refractivity contribution in [2.45, 2.75) is 17.9 Å². The molecule has 134 valence electrons. The average Bonchev–Trinajstić information content (AvgIpc) is 2.59. The molecule has 0 saturated heterocycles. The summed E-state index contributed by atoms with van der Waals surface area (Å²) in [6.45, 7) is -0.648. The Bertz CT molecular complexity index is 848. The summed E-state index contributed by atoms with van der Waals surface area (Å²) in [5.74, 6) is -2.32. The largest absolute Gasteiger partial charge is 0.462 e. The minimum atomic E-state index is -3.60. The van der Waals surface area contributed by atoms with Crippen LogP contribution in [0.5, 0.6) is 0 Å². The van der Waals surface area contributed by atoms with Gasteiger partial charge in [0.25, 0.3) is 0 Å². The molecule has 0 aromatic heterocycles. The lowest BCUT2D eigenvalue weighted by Crippen LogP contribution is -2.12. The van der Waals surface area contributed by atoms with E-state index < -0.39 is 34.0 Å². The maximum atomic E-state index is 13.5. The van der Waals surface area contributed by atoms with Crippen molar-refractivity contribution in [1.82, 2.24) is 0 Å². The van der Waals surface area contributed by atoms with Crippen LogP contribution in [-0.2, 0) is 21.2 Å². The van der Waals surface area contributed by atoms with Crippen LogP contribution in [0.2, 0.25) is 0 Å². The summed E-state index contributed by atoms with van der Waals surface area (Å²) in [5, 5.41) is 8.87. The fraction of sp³-hybridized carbons (Fsp3) is 0.235. The molecule has 2 aromatic carbocycles. The van der Waals surface area contributed by atoms with Gasteiger partial charge in [-0.2, -0.15) is 0 Å². The van der Waals surface area contributed by atoms with Crippen LogP contribution in [0, 0.1) is 11.6 Å². The zero-order valence-corrected chi connectivity index (χ0v) is 13.9. The number of halogens is 2. The topological polar surface area (TPSA) is 80.7 Å². The highest BCUT2D eigenvalue weighted by Gasteiger charge is 2.15. The lowest BCUT2D eigenvalue weighted by Gasteiger charge is -2.07. The molecule has 0 spiro atoms. The summed E-state index contributed by atoms with van der Waals surface area (Å²) >= 11 is 0. The second kappa shape index (κ2) is 8.17. The maximum Gasteiger partial charge on any atom is 0.338 e. The van der Waals surface area contributed by atoms with Gasteiger partial charge < -0.3 is 9.84 Å². The lowest BCUT2D eigenvalue weighted by atomic mass is 10.1. The molecule has 0 saturated carbocycles. The van der Waals surface area contributed by atoms with Gasteiger partial charge >= 0.3 is 5.97 Å². The van der Waals surface area contributed by atoms with Gasteiger partial charge in [-0.3, -0.25) is 0 Å². The van der Waals surface area contributed by atoms with Crippen LogP contribution >= 0.6 is 0 Å². The van der Waals surface area contributed by atoms with Crippen molar-refractivity contribution in [2.24, 2.45) is 0 Å². The monoisotopic (exact) mass is 370 g/mol. The molecule has 1 N–H and O–H groups in total. The average molecular weight is 370 g/mol. The number of rotatable bonds is 7. The molecule has 0 amide bonds. The van der Waals surface area contributed by atoms with Crippen LogP contribution in [0.15, 0.2) is 47.4 Å². The molecule has 0 fully saturated rings. The Morgan fingerprint density at radius 2 is 1.76 bits per heavy atom. The van der Waals surface area contributed by atoms with Crippen LogP contribution in [-0.4, -0.2) is 31.9 Å². The smallest absolute Gasteiger partial charge is 0.338 e. The third kappa shape index (κ3) is 5.07. The highest BCUT2D eigenvalue weighted by Crippen LogP contribution is 2.14. The number of esters is 1. The number of sulfone groups is 1. The van der Waals surface area contributed by atoms with Gasteiger partial charge in [-0.15, -0.1) is 0 Å². The molecule has 2 aromatic rings. The number of aliphatic hydroxyl groups excluding tert-OH is 1. The highest BCUT2D eigenvalue weighted by molar-refractivity contribution is 7.91. The van der Waals surface area contributed by atoms with E-state index in [-0.39, 0.29) is 34.8 Å². The molecule has 8 heteroatoms. The molecule has 0 heterocycles. The number of carbonyl (C=O) groups excluding carboxylic acids is 1. The number of carbonyl (C=O) groups is 1. The van der Waals surface area contributed by atoms with E-state index in [2.05, 4.69) is 0 Å². The van der Waals surface area contributed by atoms with Gasteiger partial charge in [0.05, 0.1) is 29.4 Å². The SMILES string of the molecule is O=C(OCCCS(=O)(=O)c1ccc(F)cc1)c1ccc(CO)c(F)c1. The summed E-state index contributed by atoms with van der Waals surface area (Å²) in [6.07, 6.45) is 0.0443. The molecule has 25 heavy (non-hydrogen) atoms. The second-order valence-corrected chi connectivity index (χ2v) is 7.34. The number of hydrogen-bond acceptors (Lipinski definition) is 5. The molecule has 0 aliphatic heterocycles. The Kier molecular flexibility index (Phi) is 6.22. The highest BCUT2D eigenvalue weighted by atomic mass is 32.2. The first-order valence-corrected chi connectivity index (χ1v) is 9.03. The van der Waals surface area contributed by atoms with Gasteiger partial charge in [0.1, 0.15) is 11.6 Å². The van der Waals surface area contributed by atoms with Gasteiger partial charge in [0, 0.05) is 5.56 Å². The Hall–Kier alpha value is -2.32. The van der Waals surface area contributed by atoms with Crippen LogP contribution in [0.3, 0.4) is 0 Å². The van der Waals surface area contributed by atoms with Crippen LogP contribution in [0.4, 0.5) is 8.78 Å². The number of benzene rings is 2. The minimum absolute atomic E-state index is 0.0121. The van der Waals surface area contributed by atoms with Crippen LogP contribution < -0.4 is 0 Å². The van der Waals surface area contributed by atoms with Gasteiger partial charge in [-0.25, -0.2) is 22.0 Å². The zero-order chi connectivity index (χ0) is 18.4. The number of hydrogen-bond donors (Lipinski definition) is 1. The fourth-order valence-electron chi connectivity index (χ4n) is 2.06. The molecule has 0 atom stereocenters. The lowest BCUT2D eigenvalue weighted by molar-refractivity contribution is 0.0505. The minimum Gasteiger partial charge on any atom is -0.462 e. The third-order valence-corrected chi connectivity index (χ3v) is 5.24. The first kappa shape index (κ1) is 19.0. The summed E-state index contributed by atoms with van der Waals surface area (Å²) in [6, 6.07) is 7.97. The summed E-state index contributed by atoms with van der Waals surface area (Å²) in [5.41, 5.74) is 0.0260. The van der Waals surface area contributed by atoms with Crippen molar-refractivity contribution in [3.8, 4) is 0 Å². The van der Waals surface area contributed by atoms with Gasteiger partial charge in [-0.05, 0) is 42.8 Å². The van der Waals surface area contributed by atoms with Crippen LogP contribution in [0.1, 0.15) is 22.3 Å². The van der Waals surface area contributed by atoms with E-state index in [1.54, 1.807) is 0 Å². The van der Waals surface area contributed by atoms with E-state index in [0.717, 1.165) is 18.2 Å². The van der Waals surface area contributed by atoms with Crippen molar-refractivity contribution in [3.63, 3.8) is 0 Å². The molecule has 2 rings (SSSR count). The maximum absolute atomic E-state index is 13.5. The van der Waals surface area contributed by atoms with E-state index in [4.69, 9.17) is 9.84 Å². The van der Waals surface area contributed by atoms with E-state index in [1.165, 1.54) is 24.3 Å². The summed E-state index contributed by atoms with van der Waals surface area (Å²) in [4.78, 5) is 11.8. The molecular formula is C17H16F2O5S. The van der Waals surface area contributed by atoms with Gasteiger partial charge in [0.2, 0.25) is 0 Å². The van der Waals surface area contributed by atoms with Crippen molar-refractivity contribution in [2.75, 3.05) is 12.4 Å². The van der Waals surface area contributed by atoms with E-state index in [0.29, 0.717) is 0 Å². The van der Waals surface area contributed by atoms with E-state index >= 15 is 0 Å². The van der Waals surface area contributed by atoms with Crippen molar-refractivity contribution < 1.29 is 31.8 Å². The normalized spacial score (nSPS) is 11.3. The first-order valence-electron chi connectivity index (χ1n) is 7.38. The molecule has 0 unspecified atom stereocenters. The molecule has 5 nitrogen and oxygen atoms in total. The Morgan fingerprint density at radius 1 is 1.08 bits per heavy atom. The first-order chi connectivity index (χ1) is 11.8. The van der Waals surface area contributed by atoms with Crippen molar-refractivity contribution in [1.29, 1.82) is 0 Å². The van der Waals surface area contributed by atoms with Gasteiger partial charge in [0.15, 0.2) is 9.84 Å². The summed E-state index contributed by atoms with van der Waals surface area (Å²) < 4.78 is 55.3. The van der Waals surface area contributed by atoms with Gasteiger partial charge in [-0.1, -0.05) is 6.07 Å². The zero-order valence-electron chi connectivity index (χ0n) is 13.1.